The monoisotopic (exact) mass is 451 g/mol. The molecule has 0 atom stereocenters. The van der Waals surface area contributed by atoms with E-state index in [9.17, 15) is 14.4 Å². The number of carbonyl (C=O) groups excluding carboxylic acids is 3. The Morgan fingerprint density at radius 2 is 1.94 bits per heavy atom. The molecule has 0 aromatic carbocycles. The molecule has 0 unspecified atom stereocenters. The fraction of sp³-hybridized carbons (Fsp3) is 0.571. The number of anilines is 1. The van der Waals surface area contributed by atoms with E-state index in [0.29, 0.717) is 35.1 Å². The molecule has 0 aliphatic carbocycles. The summed E-state index contributed by atoms with van der Waals surface area (Å²) in [6.07, 6.45) is 1.75. The topological polar surface area (TPSA) is 121 Å². The number of aryl methyl sites for hydroxylation is 2. The molecule has 2 rings (SSSR count). The average molecular weight is 452 g/mol. The van der Waals surface area contributed by atoms with Crippen molar-refractivity contribution in [1.82, 2.24) is 10.1 Å². The molecule has 0 saturated heterocycles. The summed E-state index contributed by atoms with van der Waals surface area (Å²) in [6, 6.07) is 1.70. The van der Waals surface area contributed by atoms with Crippen molar-refractivity contribution in [3.63, 3.8) is 0 Å². The highest BCUT2D eigenvalue weighted by Gasteiger charge is 2.21. The number of nitrogens with one attached hydrogen (secondary N) is 1. The zero-order valence-electron chi connectivity index (χ0n) is 18.6. The highest BCUT2D eigenvalue weighted by atomic mass is 32.1. The van der Waals surface area contributed by atoms with Crippen molar-refractivity contribution in [3.05, 3.63) is 28.2 Å². The summed E-state index contributed by atoms with van der Waals surface area (Å²) in [5, 5.41) is 6.95. The first-order valence-electron chi connectivity index (χ1n) is 10.2. The molecule has 2 aromatic rings. The molecular weight excluding hydrogens is 422 g/mol. The summed E-state index contributed by atoms with van der Waals surface area (Å²) >= 11 is 1.29. The lowest BCUT2D eigenvalue weighted by atomic mass is 9.96. The number of rotatable bonds is 10. The second-order valence-corrected chi connectivity index (χ2v) is 8.99. The molecule has 170 valence electrons. The smallest absolute Gasteiger partial charge is 0.341 e. The van der Waals surface area contributed by atoms with Crippen LogP contribution in [0.15, 0.2) is 10.6 Å². The molecule has 0 radical (unpaired) electrons. The predicted octanol–water partition coefficient (Wildman–Crippen LogP) is 3.67. The molecule has 9 nitrogen and oxygen atoms in total. The minimum atomic E-state index is -0.518. The van der Waals surface area contributed by atoms with Crippen LogP contribution in [-0.4, -0.2) is 41.2 Å². The van der Waals surface area contributed by atoms with E-state index >= 15 is 0 Å². The third-order valence-electron chi connectivity index (χ3n) is 4.15. The zero-order chi connectivity index (χ0) is 23.0. The number of amides is 1. The van der Waals surface area contributed by atoms with Crippen LogP contribution in [0.25, 0.3) is 0 Å². The van der Waals surface area contributed by atoms with Crippen molar-refractivity contribution >= 4 is 34.2 Å². The van der Waals surface area contributed by atoms with Gasteiger partial charge in [0.25, 0.3) is 5.91 Å². The van der Waals surface area contributed by atoms with Crippen molar-refractivity contribution in [2.75, 3.05) is 18.5 Å². The molecule has 31 heavy (non-hydrogen) atoms. The Bertz CT molecular complexity index is 913. The Morgan fingerprint density at radius 3 is 2.55 bits per heavy atom. The lowest BCUT2D eigenvalue weighted by Crippen LogP contribution is -2.21. The summed E-state index contributed by atoms with van der Waals surface area (Å²) in [4.78, 5) is 41.4. The number of aromatic nitrogens is 2. The number of ether oxygens (including phenoxy) is 2. The summed E-state index contributed by atoms with van der Waals surface area (Å²) in [5.41, 5.74) is 0.0966. The fourth-order valence-electron chi connectivity index (χ4n) is 2.50. The van der Waals surface area contributed by atoms with E-state index in [1.165, 1.54) is 11.3 Å². The Hall–Kier alpha value is -2.75. The van der Waals surface area contributed by atoms with Crippen LogP contribution in [0.4, 0.5) is 5.00 Å². The minimum absolute atomic E-state index is 0.119. The van der Waals surface area contributed by atoms with E-state index in [4.69, 9.17) is 14.0 Å². The molecule has 0 bridgehead atoms. The van der Waals surface area contributed by atoms with Gasteiger partial charge in [0.1, 0.15) is 5.00 Å². The van der Waals surface area contributed by atoms with E-state index < -0.39 is 24.5 Å². The third-order valence-corrected chi connectivity index (χ3v) is 5.35. The third kappa shape index (κ3) is 7.46. The van der Waals surface area contributed by atoms with Gasteiger partial charge in [-0.05, 0) is 25.8 Å². The van der Waals surface area contributed by atoms with E-state index in [1.54, 1.807) is 13.0 Å². The lowest BCUT2D eigenvalue weighted by Gasteiger charge is -2.10. The van der Waals surface area contributed by atoms with Crippen molar-refractivity contribution < 1.29 is 28.4 Å². The molecular formula is C21H29N3O6S. The molecule has 1 N–H and O–H groups in total. The van der Waals surface area contributed by atoms with E-state index in [2.05, 4.69) is 15.5 Å². The van der Waals surface area contributed by atoms with Crippen LogP contribution < -0.4 is 5.32 Å². The van der Waals surface area contributed by atoms with Crippen LogP contribution in [0.1, 0.15) is 74.4 Å². The Labute approximate surface area is 185 Å². The van der Waals surface area contributed by atoms with Crippen molar-refractivity contribution in [2.24, 2.45) is 0 Å². The highest BCUT2D eigenvalue weighted by Crippen LogP contribution is 2.29. The van der Waals surface area contributed by atoms with Crippen LogP contribution in [0.5, 0.6) is 0 Å². The summed E-state index contributed by atoms with van der Waals surface area (Å²) in [7, 11) is 0. The van der Waals surface area contributed by atoms with Gasteiger partial charge in [-0.3, -0.25) is 9.59 Å². The normalized spacial score (nSPS) is 11.3. The van der Waals surface area contributed by atoms with Gasteiger partial charge < -0.3 is 19.3 Å². The van der Waals surface area contributed by atoms with Gasteiger partial charge in [-0.25, -0.2) is 4.79 Å². The van der Waals surface area contributed by atoms with Gasteiger partial charge in [-0.1, -0.05) is 32.9 Å². The maximum atomic E-state index is 12.2. The number of carbonyl (C=O) groups is 3. The standard InChI is InChI=1S/C21H29N3O6S/c1-6-13-11-14(19(27)28-7-2)18(31-13)22-15(25)12-29-17(26)10-8-9-16-23-20(24-30-16)21(3,4)5/h11H,6-10,12H2,1-5H3,(H,22,25). The van der Waals surface area contributed by atoms with Gasteiger partial charge >= 0.3 is 11.9 Å². The Balaban J connectivity index is 1.78. The quantitative estimate of drug-likeness (QED) is 0.543. The maximum absolute atomic E-state index is 12.2. The lowest BCUT2D eigenvalue weighted by molar-refractivity contribution is -0.147. The second kappa shape index (κ2) is 11.0. The number of hydrogen-bond acceptors (Lipinski definition) is 9. The van der Waals surface area contributed by atoms with E-state index in [0.717, 1.165) is 11.3 Å². The van der Waals surface area contributed by atoms with Crippen LogP contribution in [0.2, 0.25) is 0 Å². The molecule has 2 heterocycles. The molecule has 0 fully saturated rings. The second-order valence-electron chi connectivity index (χ2n) is 7.85. The highest BCUT2D eigenvalue weighted by molar-refractivity contribution is 7.16. The van der Waals surface area contributed by atoms with Crippen LogP contribution in [0.3, 0.4) is 0 Å². The van der Waals surface area contributed by atoms with Crippen LogP contribution >= 0.6 is 11.3 Å². The first kappa shape index (κ1) is 24.5. The number of thiophene rings is 1. The van der Waals surface area contributed by atoms with Crippen LogP contribution in [-0.2, 0) is 37.3 Å². The number of hydrogen-bond donors (Lipinski definition) is 1. The molecule has 0 aliphatic heterocycles. The molecule has 2 aromatic heterocycles. The van der Waals surface area contributed by atoms with Gasteiger partial charge in [0.2, 0.25) is 5.89 Å². The molecule has 0 spiro atoms. The van der Waals surface area contributed by atoms with E-state index in [-0.39, 0.29) is 18.4 Å². The molecule has 0 aliphatic rings. The molecule has 1 amide bonds. The van der Waals surface area contributed by atoms with Gasteiger partial charge in [-0.2, -0.15) is 4.98 Å². The number of esters is 2. The molecule has 0 saturated carbocycles. The van der Waals surface area contributed by atoms with Crippen molar-refractivity contribution in [3.8, 4) is 0 Å². The predicted molar refractivity (Wildman–Crippen MR) is 115 cm³/mol. The zero-order valence-corrected chi connectivity index (χ0v) is 19.4. The summed E-state index contributed by atoms with van der Waals surface area (Å²) in [5.74, 6) is -0.441. The maximum Gasteiger partial charge on any atom is 0.341 e. The first-order valence-corrected chi connectivity index (χ1v) is 11.0. The van der Waals surface area contributed by atoms with Gasteiger partial charge in [0.05, 0.1) is 12.2 Å². The Kier molecular flexibility index (Phi) is 8.73. The van der Waals surface area contributed by atoms with Crippen molar-refractivity contribution in [1.29, 1.82) is 0 Å². The number of nitrogens with zero attached hydrogens (tertiary/aromatic N) is 2. The molecule has 10 heteroatoms. The average Bonchev–Trinajstić information content (AvgIpc) is 3.33. The van der Waals surface area contributed by atoms with Crippen LogP contribution in [0, 0.1) is 0 Å². The van der Waals surface area contributed by atoms with E-state index in [1.807, 2.05) is 27.7 Å². The van der Waals surface area contributed by atoms with Gasteiger partial charge in [0, 0.05) is 23.1 Å². The summed E-state index contributed by atoms with van der Waals surface area (Å²) in [6.45, 7) is 9.42. The minimum Gasteiger partial charge on any atom is -0.462 e. The van der Waals surface area contributed by atoms with Gasteiger partial charge in [0.15, 0.2) is 12.4 Å². The fourth-order valence-corrected chi connectivity index (χ4v) is 3.50. The Morgan fingerprint density at radius 1 is 1.19 bits per heavy atom. The SMILES string of the molecule is CCOC(=O)c1cc(CC)sc1NC(=O)COC(=O)CCCc1nc(C(C)(C)C)no1. The summed E-state index contributed by atoms with van der Waals surface area (Å²) < 4.78 is 15.2. The largest absolute Gasteiger partial charge is 0.462 e. The van der Waals surface area contributed by atoms with Gasteiger partial charge in [-0.15, -0.1) is 11.3 Å². The first-order chi connectivity index (χ1) is 14.6. The van der Waals surface area contributed by atoms with Crippen molar-refractivity contribution in [2.45, 2.75) is 65.7 Å².